The molecule has 11 heteroatoms. The monoisotopic (exact) mass is 447 g/mol. The van der Waals surface area contributed by atoms with Crippen LogP contribution in [0.1, 0.15) is 13.3 Å². The highest BCUT2D eigenvalue weighted by Crippen LogP contribution is 2.28. The number of methoxy groups -OCH3 is 1. The molecule has 164 valence electrons. The molecule has 0 unspecified atom stereocenters. The van der Waals surface area contributed by atoms with Gasteiger partial charge in [-0.3, -0.25) is 9.10 Å². The molecule has 0 saturated heterocycles. The fourth-order valence-electron chi connectivity index (χ4n) is 2.50. The van der Waals surface area contributed by atoms with Crippen molar-refractivity contribution in [2.24, 2.45) is 0 Å². The molecule has 2 aromatic carbocycles. The number of sulfonamides is 1. The molecule has 0 bridgehead atoms. The number of ether oxygens (including phenoxy) is 3. The molecule has 0 radical (unpaired) electrons. The minimum Gasteiger partial charge on any atom is -0.497 e. The molecule has 0 atom stereocenters. The molecule has 7 nitrogen and oxygen atoms in total. The predicted octanol–water partition coefficient (Wildman–Crippen LogP) is 3.74. The van der Waals surface area contributed by atoms with Crippen LogP contribution in [0.25, 0.3) is 0 Å². The van der Waals surface area contributed by atoms with Crippen molar-refractivity contribution in [1.29, 1.82) is 0 Å². The van der Waals surface area contributed by atoms with Gasteiger partial charge in [0.1, 0.15) is 11.5 Å². The molecule has 0 aliphatic carbocycles. The summed E-state index contributed by atoms with van der Waals surface area (Å²) in [6.45, 7) is 1.55. The second-order valence-corrected chi connectivity index (χ2v) is 7.71. The third kappa shape index (κ3) is 6.28. The number of esters is 1. The van der Waals surface area contributed by atoms with Gasteiger partial charge in [0, 0.05) is 6.54 Å². The maximum absolute atomic E-state index is 13.1. The lowest BCUT2D eigenvalue weighted by Crippen LogP contribution is -2.33. The number of carbonyl (C=O) groups is 1. The molecule has 0 spiro atoms. The van der Waals surface area contributed by atoms with Crippen LogP contribution < -0.4 is 13.8 Å². The Morgan fingerprint density at radius 2 is 1.57 bits per heavy atom. The molecule has 0 heterocycles. The van der Waals surface area contributed by atoms with Crippen molar-refractivity contribution in [2.75, 3.05) is 24.6 Å². The van der Waals surface area contributed by atoms with E-state index in [1.54, 1.807) is 19.1 Å². The summed E-state index contributed by atoms with van der Waals surface area (Å²) in [5.74, 6) is -0.640. The first kappa shape index (κ1) is 23.3. The van der Waals surface area contributed by atoms with Crippen molar-refractivity contribution >= 4 is 21.7 Å². The van der Waals surface area contributed by atoms with E-state index in [2.05, 4.69) is 4.74 Å². The Balaban J connectivity index is 2.35. The van der Waals surface area contributed by atoms with Gasteiger partial charge < -0.3 is 14.2 Å². The molecule has 2 aromatic rings. The average Bonchev–Trinajstić information content (AvgIpc) is 2.68. The number of hydrogen-bond donors (Lipinski definition) is 0. The van der Waals surface area contributed by atoms with E-state index in [1.807, 2.05) is 0 Å². The molecular weight excluding hydrogens is 427 g/mol. The largest absolute Gasteiger partial charge is 0.573 e. The molecule has 30 heavy (non-hydrogen) atoms. The third-order valence-corrected chi connectivity index (χ3v) is 5.67. The molecular formula is C19H20F3NO6S. The van der Waals surface area contributed by atoms with Gasteiger partial charge in [0.2, 0.25) is 0 Å². The van der Waals surface area contributed by atoms with Gasteiger partial charge in [-0.05, 0) is 55.5 Å². The van der Waals surface area contributed by atoms with Gasteiger partial charge >= 0.3 is 12.3 Å². The summed E-state index contributed by atoms with van der Waals surface area (Å²) in [6.07, 6.45) is -5.11. The van der Waals surface area contributed by atoms with Crippen molar-refractivity contribution in [1.82, 2.24) is 0 Å². The van der Waals surface area contributed by atoms with Gasteiger partial charge in [0.25, 0.3) is 10.0 Å². The van der Waals surface area contributed by atoms with Gasteiger partial charge in [-0.1, -0.05) is 0 Å². The fourth-order valence-corrected chi connectivity index (χ4v) is 3.97. The lowest BCUT2D eigenvalue weighted by molar-refractivity contribution is -0.274. The zero-order valence-electron chi connectivity index (χ0n) is 16.2. The smallest absolute Gasteiger partial charge is 0.497 e. The van der Waals surface area contributed by atoms with Gasteiger partial charge in [-0.15, -0.1) is 13.2 Å². The van der Waals surface area contributed by atoms with E-state index in [0.29, 0.717) is 5.75 Å². The Bertz CT molecular complexity index is 944. The summed E-state index contributed by atoms with van der Waals surface area (Å²) in [4.78, 5) is 11.5. The van der Waals surface area contributed by atoms with E-state index in [-0.39, 0.29) is 30.2 Å². The van der Waals surface area contributed by atoms with Crippen LogP contribution in [0.4, 0.5) is 18.9 Å². The van der Waals surface area contributed by atoms with Crippen LogP contribution in [0.5, 0.6) is 11.5 Å². The van der Waals surface area contributed by atoms with Crippen molar-refractivity contribution < 1.29 is 40.6 Å². The minimum absolute atomic E-state index is 0.148. The van der Waals surface area contributed by atoms with Crippen molar-refractivity contribution in [3.05, 3.63) is 48.5 Å². The van der Waals surface area contributed by atoms with Gasteiger partial charge in [0.15, 0.2) is 0 Å². The number of anilines is 1. The SMILES string of the molecule is CCOC(=O)CCN(c1ccc(OC)cc1)S(=O)(=O)c1ccc(OC(F)(F)F)cc1. The number of benzene rings is 2. The van der Waals surface area contributed by atoms with Crippen LogP contribution in [-0.2, 0) is 19.6 Å². The first-order valence-electron chi connectivity index (χ1n) is 8.75. The lowest BCUT2D eigenvalue weighted by Gasteiger charge is -2.24. The average molecular weight is 447 g/mol. The van der Waals surface area contributed by atoms with Crippen LogP contribution in [0, 0.1) is 0 Å². The molecule has 0 fully saturated rings. The predicted molar refractivity (Wildman–Crippen MR) is 102 cm³/mol. The Hall–Kier alpha value is -2.95. The minimum atomic E-state index is -4.89. The van der Waals surface area contributed by atoms with Crippen LogP contribution >= 0.6 is 0 Å². The standard InChI is InChI=1S/C19H20F3NO6S/c1-3-28-18(24)12-13-23(14-4-6-15(27-2)7-5-14)30(25,26)17-10-8-16(9-11-17)29-19(20,21)22/h4-11H,3,12-13H2,1-2H3. The van der Waals surface area contributed by atoms with E-state index in [9.17, 15) is 26.4 Å². The molecule has 2 rings (SSSR count). The number of rotatable bonds is 9. The van der Waals surface area contributed by atoms with Crippen LogP contribution in [0.2, 0.25) is 0 Å². The lowest BCUT2D eigenvalue weighted by atomic mass is 10.3. The van der Waals surface area contributed by atoms with Crippen LogP contribution in [-0.4, -0.2) is 41.0 Å². The van der Waals surface area contributed by atoms with E-state index in [0.717, 1.165) is 28.6 Å². The van der Waals surface area contributed by atoms with E-state index in [1.165, 1.54) is 19.2 Å². The Labute approximate surface area is 172 Å². The number of halogens is 3. The van der Waals surface area contributed by atoms with Crippen LogP contribution in [0.15, 0.2) is 53.4 Å². The molecule has 0 aliphatic heterocycles. The fraction of sp³-hybridized carbons (Fsp3) is 0.316. The normalized spacial score (nSPS) is 11.6. The van der Waals surface area contributed by atoms with Gasteiger partial charge in [-0.2, -0.15) is 0 Å². The van der Waals surface area contributed by atoms with E-state index in [4.69, 9.17) is 9.47 Å². The summed E-state index contributed by atoms with van der Waals surface area (Å²) >= 11 is 0. The first-order valence-corrected chi connectivity index (χ1v) is 10.2. The topological polar surface area (TPSA) is 82.1 Å². The summed E-state index contributed by atoms with van der Waals surface area (Å²) in [6, 6.07) is 9.86. The molecule has 0 saturated carbocycles. The highest BCUT2D eigenvalue weighted by atomic mass is 32.2. The van der Waals surface area contributed by atoms with E-state index >= 15 is 0 Å². The van der Waals surface area contributed by atoms with Crippen molar-refractivity contribution in [2.45, 2.75) is 24.6 Å². The molecule has 0 aromatic heterocycles. The second kappa shape index (κ2) is 9.70. The molecule has 0 amide bonds. The number of hydrogen-bond acceptors (Lipinski definition) is 6. The summed E-state index contributed by atoms with van der Waals surface area (Å²) in [7, 11) is -2.74. The third-order valence-electron chi connectivity index (χ3n) is 3.83. The molecule has 0 aliphatic rings. The summed E-state index contributed by atoms with van der Waals surface area (Å²) < 4.78 is 77.9. The highest BCUT2D eigenvalue weighted by Gasteiger charge is 2.31. The number of carbonyl (C=O) groups excluding carboxylic acids is 1. The quantitative estimate of drug-likeness (QED) is 0.545. The van der Waals surface area contributed by atoms with Crippen molar-refractivity contribution in [3.63, 3.8) is 0 Å². The Kier molecular flexibility index (Phi) is 7.54. The maximum atomic E-state index is 13.1. The first-order chi connectivity index (χ1) is 14.1. The summed E-state index contributed by atoms with van der Waals surface area (Å²) in [5.41, 5.74) is 0.246. The number of nitrogens with zero attached hydrogens (tertiary/aromatic N) is 1. The molecule has 0 N–H and O–H groups in total. The highest BCUT2D eigenvalue weighted by molar-refractivity contribution is 7.92. The summed E-state index contributed by atoms with van der Waals surface area (Å²) in [5, 5.41) is 0. The maximum Gasteiger partial charge on any atom is 0.573 e. The van der Waals surface area contributed by atoms with Crippen LogP contribution in [0.3, 0.4) is 0 Å². The number of alkyl halides is 3. The Morgan fingerprint density at radius 3 is 2.07 bits per heavy atom. The van der Waals surface area contributed by atoms with Gasteiger partial charge in [0.05, 0.1) is 30.7 Å². The van der Waals surface area contributed by atoms with Crippen molar-refractivity contribution in [3.8, 4) is 11.5 Å². The Morgan fingerprint density at radius 1 is 1.00 bits per heavy atom. The van der Waals surface area contributed by atoms with Gasteiger partial charge in [-0.25, -0.2) is 8.42 Å². The zero-order chi connectivity index (χ0) is 22.4. The van der Waals surface area contributed by atoms with E-state index < -0.39 is 28.1 Å². The zero-order valence-corrected chi connectivity index (χ0v) is 17.0. The second-order valence-electron chi connectivity index (χ2n) is 5.85.